The van der Waals surface area contributed by atoms with Gasteiger partial charge in [-0.15, -0.1) is 0 Å². The third kappa shape index (κ3) is 2.47. The standard InChI is InChI=1S/C11H22N2O/c1-8-5-6-9(7-12-8)13-10-3-2-4-11(10)14/h8-14H,2-7H2,1H3. The first-order valence-electron chi connectivity index (χ1n) is 5.93. The van der Waals surface area contributed by atoms with Crippen LogP contribution in [-0.2, 0) is 0 Å². The highest BCUT2D eigenvalue weighted by molar-refractivity contribution is 4.88. The third-order valence-corrected chi connectivity index (χ3v) is 3.59. The topological polar surface area (TPSA) is 44.3 Å². The van der Waals surface area contributed by atoms with E-state index in [1.54, 1.807) is 0 Å². The second-order valence-electron chi connectivity index (χ2n) is 4.85. The Morgan fingerprint density at radius 1 is 1.21 bits per heavy atom. The molecule has 1 saturated heterocycles. The van der Waals surface area contributed by atoms with Gasteiger partial charge in [0.25, 0.3) is 0 Å². The van der Waals surface area contributed by atoms with Crippen LogP contribution in [0.3, 0.4) is 0 Å². The number of rotatable bonds is 2. The molecule has 82 valence electrons. The van der Waals surface area contributed by atoms with Gasteiger partial charge < -0.3 is 15.7 Å². The zero-order valence-corrected chi connectivity index (χ0v) is 9.00. The summed E-state index contributed by atoms with van der Waals surface area (Å²) >= 11 is 0. The number of nitrogens with one attached hydrogen (secondary N) is 2. The van der Waals surface area contributed by atoms with Crippen molar-refractivity contribution in [2.75, 3.05) is 6.54 Å². The fraction of sp³-hybridized carbons (Fsp3) is 1.00. The minimum Gasteiger partial charge on any atom is -0.392 e. The van der Waals surface area contributed by atoms with Crippen molar-refractivity contribution in [3.63, 3.8) is 0 Å². The maximum atomic E-state index is 9.69. The van der Waals surface area contributed by atoms with Crippen LogP contribution in [-0.4, -0.2) is 35.9 Å². The Morgan fingerprint density at radius 3 is 2.64 bits per heavy atom. The van der Waals surface area contributed by atoms with Gasteiger partial charge in [-0.05, 0) is 39.0 Å². The molecule has 2 aliphatic rings. The molecule has 3 nitrogen and oxygen atoms in total. The van der Waals surface area contributed by atoms with E-state index in [0.29, 0.717) is 18.1 Å². The highest BCUT2D eigenvalue weighted by atomic mass is 16.3. The van der Waals surface area contributed by atoms with Gasteiger partial charge in [0.05, 0.1) is 6.10 Å². The molecule has 2 rings (SSSR count). The minimum atomic E-state index is -0.102. The first-order chi connectivity index (χ1) is 6.75. The molecular formula is C11H22N2O. The molecular weight excluding hydrogens is 176 g/mol. The highest BCUT2D eigenvalue weighted by Crippen LogP contribution is 2.20. The fourth-order valence-electron chi connectivity index (χ4n) is 2.58. The first-order valence-corrected chi connectivity index (χ1v) is 5.93. The van der Waals surface area contributed by atoms with Crippen LogP contribution in [0.15, 0.2) is 0 Å². The van der Waals surface area contributed by atoms with E-state index in [1.807, 2.05) is 0 Å². The predicted molar refractivity (Wildman–Crippen MR) is 57.3 cm³/mol. The van der Waals surface area contributed by atoms with E-state index in [2.05, 4.69) is 17.6 Å². The van der Waals surface area contributed by atoms with Crippen molar-refractivity contribution in [1.29, 1.82) is 0 Å². The first kappa shape index (κ1) is 10.4. The summed E-state index contributed by atoms with van der Waals surface area (Å²) in [6.45, 7) is 3.30. The van der Waals surface area contributed by atoms with Gasteiger partial charge in [-0.3, -0.25) is 0 Å². The van der Waals surface area contributed by atoms with Gasteiger partial charge in [-0.1, -0.05) is 0 Å². The van der Waals surface area contributed by atoms with Gasteiger partial charge in [0.15, 0.2) is 0 Å². The quantitative estimate of drug-likeness (QED) is 0.610. The monoisotopic (exact) mass is 198 g/mol. The molecule has 0 aromatic heterocycles. The van der Waals surface area contributed by atoms with Crippen LogP contribution < -0.4 is 10.6 Å². The summed E-state index contributed by atoms with van der Waals surface area (Å²) < 4.78 is 0. The summed E-state index contributed by atoms with van der Waals surface area (Å²) in [7, 11) is 0. The van der Waals surface area contributed by atoms with Crippen LogP contribution in [0.1, 0.15) is 39.0 Å². The van der Waals surface area contributed by atoms with E-state index in [9.17, 15) is 5.11 Å². The molecule has 3 heteroatoms. The van der Waals surface area contributed by atoms with Crippen LogP contribution in [0.5, 0.6) is 0 Å². The zero-order valence-electron chi connectivity index (χ0n) is 9.00. The van der Waals surface area contributed by atoms with Crippen LogP contribution in [0.25, 0.3) is 0 Å². The molecule has 4 unspecified atom stereocenters. The van der Waals surface area contributed by atoms with Crippen LogP contribution in [0.2, 0.25) is 0 Å². The lowest BCUT2D eigenvalue weighted by molar-refractivity contribution is 0.138. The predicted octanol–water partition coefficient (Wildman–Crippen LogP) is 0.630. The van der Waals surface area contributed by atoms with E-state index < -0.39 is 0 Å². The average Bonchev–Trinajstić information content (AvgIpc) is 2.56. The van der Waals surface area contributed by atoms with E-state index in [0.717, 1.165) is 19.4 Å². The van der Waals surface area contributed by atoms with Gasteiger partial charge in [-0.2, -0.15) is 0 Å². The summed E-state index contributed by atoms with van der Waals surface area (Å²) in [4.78, 5) is 0. The zero-order chi connectivity index (χ0) is 9.97. The largest absolute Gasteiger partial charge is 0.392 e. The third-order valence-electron chi connectivity index (χ3n) is 3.59. The molecule has 0 aromatic rings. The lowest BCUT2D eigenvalue weighted by atomic mass is 10.0. The smallest absolute Gasteiger partial charge is 0.0693 e. The van der Waals surface area contributed by atoms with Gasteiger partial charge in [0, 0.05) is 24.7 Å². The number of piperidine rings is 1. The summed E-state index contributed by atoms with van der Waals surface area (Å²) in [6, 6.07) is 1.60. The van der Waals surface area contributed by atoms with Crippen molar-refractivity contribution in [1.82, 2.24) is 10.6 Å². The molecule has 0 aromatic carbocycles. The molecule has 1 heterocycles. The number of aliphatic hydroxyl groups is 1. The lowest BCUT2D eigenvalue weighted by Gasteiger charge is -2.31. The van der Waals surface area contributed by atoms with Crippen LogP contribution >= 0.6 is 0 Å². The molecule has 0 spiro atoms. The Labute approximate surface area is 86.3 Å². The molecule has 0 radical (unpaired) electrons. The minimum absolute atomic E-state index is 0.102. The maximum Gasteiger partial charge on any atom is 0.0693 e. The van der Waals surface area contributed by atoms with Gasteiger partial charge in [-0.25, -0.2) is 0 Å². The summed E-state index contributed by atoms with van der Waals surface area (Å²) in [5.74, 6) is 0. The second-order valence-corrected chi connectivity index (χ2v) is 4.85. The van der Waals surface area contributed by atoms with Crippen LogP contribution in [0, 0.1) is 0 Å². The van der Waals surface area contributed by atoms with E-state index in [4.69, 9.17) is 0 Å². The molecule has 4 atom stereocenters. The number of aliphatic hydroxyl groups excluding tert-OH is 1. The fourth-order valence-corrected chi connectivity index (χ4v) is 2.58. The van der Waals surface area contributed by atoms with Crippen molar-refractivity contribution in [3.05, 3.63) is 0 Å². The Balaban J connectivity index is 1.74. The molecule has 3 N–H and O–H groups in total. The lowest BCUT2D eigenvalue weighted by Crippen LogP contribution is -2.51. The van der Waals surface area contributed by atoms with E-state index in [1.165, 1.54) is 19.3 Å². The normalized spacial score (nSPS) is 44.1. The van der Waals surface area contributed by atoms with E-state index in [-0.39, 0.29) is 6.10 Å². The van der Waals surface area contributed by atoms with Crippen molar-refractivity contribution < 1.29 is 5.11 Å². The molecule has 1 saturated carbocycles. The molecule has 0 bridgehead atoms. The molecule has 2 fully saturated rings. The Hall–Kier alpha value is -0.120. The van der Waals surface area contributed by atoms with Gasteiger partial charge in [0.2, 0.25) is 0 Å². The van der Waals surface area contributed by atoms with Crippen molar-refractivity contribution in [3.8, 4) is 0 Å². The van der Waals surface area contributed by atoms with Gasteiger partial charge in [0.1, 0.15) is 0 Å². The van der Waals surface area contributed by atoms with Crippen molar-refractivity contribution in [2.45, 2.75) is 63.3 Å². The second kappa shape index (κ2) is 4.60. The number of hydrogen-bond acceptors (Lipinski definition) is 3. The number of hydrogen-bond donors (Lipinski definition) is 3. The Morgan fingerprint density at radius 2 is 2.07 bits per heavy atom. The van der Waals surface area contributed by atoms with Crippen LogP contribution in [0.4, 0.5) is 0 Å². The molecule has 1 aliphatic carbocycles. The van der Waals surface area contributed by atoms with Crippen molar-refractivity contribution in [2.24, 2.45) is 0 Å². The van der Waals surface area contributed by atoms with E-state index >= 15 is 0 Å². The molecule has 0 amide bonds. The molecule has 1 aliphatic heterocycles. The summed E-state index contributed by atoms with van der Waals surface area (Å²) in [5, 5.41) is 16.7. The highest BCUT2D eigenvalue weighted by Gasteiger charge is 2.28. The Kier molecular flexibility index (Phi) is 3.42. The SMILES string of the molecule is CC1CCC(NC2CCCC2O)CN1. The van der Waals surface area contributed by atoms with Gasteiger partial charge >= 0.3 is 0 Å². The summed E-state index contributed by atoms with van der Waals surface area (Å²) in [5.41, 5.74) is 0. The Bertz CT molecular complexity index is 178. The summed E-state index contributed by atoms with van der Waals surface area (Å²) in [6.07, 6.45) is 5.70. The maximum absolute atomic E-state index is 9.69. The molecule has 14 heavy (non-hydrogen) atoms. The van der Waals surface area contributed by atoms with Crippen molar-refractivity contribution >= 4 is 0 Å². The average molecular weight is 198 g/mol.